The number of likely N-dealkylation sites (tertiary alicyclic amines) is 1. The van der Waals surface area contributed by atoms with Crippen LogP contribution in [0.4, 0.5) is 0 Å². The van der Waals surface area contributed by atoms with Crippen molar-refractivity contribution in [2.45, 2.75) is 39.2 Å². The largest absolute Gasteiger partial charge is 0.481 e. The van der Waals surface area contributed by atoms with E-state index in [4.69, 9.17) is 4.74 Å². The number of hydrogen-bond acceptors (Lipinski definition) is 3. The second kappa shape index (κ2) is 5.50. The van der Waals surface area contributed by atoms with Crippen molar-refractivity contribution in [3.8, 4) is 5.88 Å². The van der Waals surface area contributed by atoms with E-state index in [1.54, 1.807) is 7.11 Å². The molecular formula is C14H22N2O. The number of methoxy groups -OCH3 is 1. The van der Waals surface area contributed by atoms with Gasteiger partial charge < -0.3 is 4.74 Å². The lowest BCUT2D eigenvalue weighted by Gasteiger charge is -2.24. The van der Waals surface area contributed by atoms with Gasteiger partial charge in [0, 0.05) is 17.8 Å². The smallest absolute Gasteiger partial charge is 0.215 e. The number of hydrogen-bond donors (Lipinski definition) is 0. The van der Waals surface area contributed by atoms with E-state index in [-0.39, 0.29) is 0 Å². The standard InChI is InChI=1S/C14H22N2O/c1-4-7-16-8-5-6-13(16)12-9-11(2)14(17-3)15-10-12/h9-10,13H,4-8H2,1-3H3/t13-/m1/s1. The van der Waals surface area contributed by atoms with Crippen LogP contribution in [0.15, 0.2) is 12.3 Å². The zero-order valence-corrected chi connectivity index (χ0v) is 11.1. The topological polar surface area (TPSA) is 25.4 Å². The van der Waals surface area contributed by atoms with E-state index in [0.29, 0.717) is 6.04 Å². The zero-order valence-electron chi connectivity index (χ0n) is 11.1. The SMILES string of the molecule is CCCN1CCC[C@@H]1c1cnc(OC)c(C)c1. The van der Waals surface area contributed by atoms with Crippen LogP contribution in [0, 0.1) is 6.92 Å². The first-order chi connectivity index (χ1) is 8.26. The van der Waals surface area contributed by atoms with Gasteiger partial charge in [-0.25, -0.2) is 4.98 Å². The van der Waals surface area contributed by atoms with Gasteiger partial charge in [0.05, 0.1) is 7.11 Å². The lowest BCUT2D eigenvalue weighted by Crippen LogP contribution is -2.24. The summed E-state index contributed by atoms with van der Waals surface area (Å²) >= 11 is 0. The van der Waals surface area contributed by atoms with E-state index in [1.165, 1.54) is 37.9 Å². The Kier molecular flexibility index (Phi) is 4.00. The number of aryl methyl sites for hydroxylation is 1. The normalized spacial score (nSPS) is 20.8. The minimum Gasteiger partial charge on any atom is -0.481 e. The van der Waals surface area contributed by atoms with Crippen molar-refractivity contribution >= 4 is 0 Å². The molecule has 94 valence electrons. The van der Waals surface area contributed by atoms with Crippen molar-refractivity contribution < 1.29 is 4.74 Å². The molecule has 0 aromatic carbocycles. The Balaban J connectivity index is 2.18. The minimum atomic E-state index is 0.562. The summed E-state index contributed by atoms with van der Waals surface area (Å²) in [4.78, 5) is 6.96. The Labute approximate surface area is 104 Å². The molecule has 0 spiro atoms. The summed E-state index contributed by atoms with van der Waals surface area (Å²) in [5.74, 6) is 0.744. The summed E-state index contributed by atoms with van der Waals surface area (Å²) in [7, 11) is 1.67. The van der Waals surface area contributed by atoms with Crippen LogP contribution in [-0.4, -0.2) is 30.1 Å². The van der Waals surface area contributed by atoms with Gasteiger partial charge in [0.1, 0.15) is 0 Å². The third-order valence-electron chi connectivity index (χ3n) is 3.50. The number of nitrogens with zero attached hydrogens (tertiary/aromatic N) is 2. The summed E-state index contributed by atoms with van der Waals surface area (Å²) in [6, 6.07) is 2.79. The van der Waals surface area contributed by atoms with Gasteiger partial charge in [0.2, 0.25) is 5.88 Å². The quantitative estimate of drug-likeness (QED) is 0.801. The number of rotatable bonds is 4. The van der Waals surface area contributed by atoms with Crippen molar-refractivity contribution in [3.63, 3.8) is 0 Å². The molecule has 0 bridgehead atoms. The van der Waals surface area contributed by atoms with Gasteiger partial charge in [-0.3, -0.25) is 4.90 Å². The average molecular weight is 234 g/mol. The molecule has 3 nitrogen and oxygen atoms in total. The predicted molar refractivity (Wildman–Crippen MR) is 69.4 cm³/mol. The number of ether oxygens (including phenoxy) is 1. The predicted octanol–water partition coefficient (Wildman–Crippen LogP) is 2.95. The molecule has 0 saturated carbocycles. The molecule has 0 N–H and O–H groups in total. The molecule has 1 aromatic heterocycles. The second-order valence-corrected chi connectivity index (χ2v) is 4.79. The Morgan fingerprint density at radius 1 is 1.53 bits per heavy atom. The third-order valence-corrected chi connectivity index (χ3v) is 3.50. The molecule has 3 heteroatoms. The van der Waals surface area contributed by atoms with Crippen LogP contribution in [0.5, 0.6) is 5.88 Å². The molecular weight excluding hydrogens is 212 g/mol. The fourth-order valence-corrected chi connectivity index (χ4v) is 2.74. The van der Waals surface area contributed by atoms with Crippen LogP contribution >= 0.6 is 0 Å². The van der Waals surface area contributed by atoms with Gasteiger partial charge >= 0.3 is 0 Å². The fraction of sp³-hybridized carbons (Fsp3) is 0.643. The maximum absolute atomic E-state index is 5.21. The summed E-state index contributed by atoms with van der Waals surface area (Å²) < 4.78 is 5.21. The van der Waals surface area contributed by atoms with Gasteiger partial charge in [-0.05, 0) is 50.9 Å². The second-order valence-electron chi connectivity index (χ2n) is 4.79. The molecule has 1 fully saturated rings. The first-order valence-corrected chi connectivity index (χ1v) is 6.50. The molecule has 1 aromatic rings. The lowest BCUT2D eigenvalue weighted by atomic mass is 10.0. The van der Waals surface area contributed by atoms with Crippen molar-refractivity contribution in [1.29, 1.82) is 0 Å². The van der Waals surface area contributed by atoms with Crippen LogP contribution in [0.3, 0.4) is 0 Å². The van der Waals surface area contributed by atoms with Crippen LogP contribution in [0.2, 0.25) is 0 Å². The molecule has 1 saturated heterocycles. The van der Waals surface area contributed by atoms with Crippen molar-refractivity contribution in [2.24, 2.45) is 0 Å². The Bertz CT molecular complexity index is 378. The average Bonchev–Trinajstić information content (AvgIpc) is 2.78. The highest BCUT2D eigenvalue weighted by atomic mass is 16.5. The third kappa shape index (κ3) is 2.60. The van der Waals surface area contributed by atoms with Gasteiger partial charge in [0.15, 0.2) is 0 Å². The Morgan fingerprint density at radius 2 is 2.35 bits per heavy atom. The first kappa shape index (κ1) is 12.4. The molecule has 1 atom stereocenters. The van der Waals surface area contributed by atoms with Gasteiger partial charge in [0.25, 0.3) is 0 Å². The molecule has 0 unspecified atom stereocenters. The molecule has 0 radical (unpaired) electrons. The fourth-order valence-electron chi connectivity index (χ4n) is 2.74. The molecule has 1 aliphatic heterocycles. The molecule has 2 rings (SSSR count). The van der Waals surface area contributed by atoms with Crippen molar-refractivity contribution in [2.75, 3.05) is 20.2 Å². The van der Waals surface area contributed by atoms with E-state index >= 15 is 0 Å². The van der Waals surface area contributed by atoms with E-state index in [1.807, 2.05) is 6.20 Å². The Hall–Kier alpha value is -1.09. The van der Waals surface area contributed by atoms with Crippen LogP contribution < -0.4 is 4.74 Å². The molecule has 0 amide bonds. The lowest BCUT2D eigenvalue weighted by molar-refractivity contribution is 0.257. The molecule has 1 aliphatic rings. The summed E-state index contributed by atoms with van der Waals surface area (Å²) in [6.07, 6.45) is 5.76. The Morgan fingerprint density at radius 3 is 3.00 bits per heavy atom. The molecule has 2 heterocycles. The number of aromatic nitrogens is 1. The maximum atomic E-state index is 5.21. The van der Waals surface area contributed by atoms with Crippen LogP contribution in [0.1, 0.15) is 43.4 Å². The maximum Gasteiger partial charge on any atom is 0.215 e. The van der Waals surface area contributed by atoms with Crippen LogP contribution in [0.25, 0.3) is 0 Å². The van der Waals surface area contributed by atoms with Crippen molar-refractivity contribution in [1.82, 2.24) is 9.88 Å². The van der Waals surface area contributed by atoms with E-state index in [9.17, 15) is 0 Å². The molecule has 17 heavy (non-hydrogen) atoms. The first-order valence-electron chi connectivity index (χ1n) is 6.50. The summed E-state index contributed by atoms with van der Waals surface area (Å²) in [5.41, 5.74) is 2.47. The minimum absolute atomic E-state index is 0.562. The van der Waals surface area contributed by atoms with Crippen LogP contribution in [-0.2, 0) is 0 Å². The summed E-state index contributed by atoms with van der Waals surface area (Å²) in [5, 5.41) is 0. The van der Waals surface area contributed by atoms with Gasteiger partial charge in [-0.1, -0.05) is 6.92 Å². The van der Waals surface area contributed by atoms with E-state index in [0.717, 1.165) is 11.4 Å². The van der Waals surface area contributed by atoms with Gasteiger partial charge in [-0.2, -0.15) is 0 Å². The van der Waals surface area contributed by atoms with Crippen molar-refractivity contribution in [3.05, 3.63) is 23.4 Å². The van der Waals surface area contributed by atoms with E-state index < -0.39 is 0 Å². The van der Waals surface area contributed by atoms with Gasteiger partial charge in [-0.15, -0.1) is 0 Å². The highest BCUT2D eigenvalue weighted by Crippen LogP contribution is 2.32. The van der Waals surface area contributed by atoms with E-state index in [2.05, 4.69) is 29.8 Å². The monoisotopic (exact) mass is 234 g/mol. The number of pyridine rings is 1. The zero-order chi connectivity index (χ0) is 12.3. The summed E-state index contributed by atoms with van der Waals surface area (Å²) in [6.45, 7) is 6.72. The highest BCUT2D eigenvalue weighted by molar-refractivity contribution is 5.30. The highest BCUT2D eigenvalue weighted by Gasteiger charge is 2.25. The molecule has 0 aliphatic carbocycles.